The summed E-state index contributed by atoms with van der Waals surface area (Å²) < 4.78 is 0. The molecule has 0 saturated heterocycles. The predicted molar refractivity (Wildman–Crippen MR) is 230 cm³/mol. The van der Waals surface area contributed by atoms with E-state index in [9.17, 15) is 0 Å². The number of benzene rings is 7. The van der Waals surface area contributed by atoms with E-state index in [1.807, 2.05) is 12.4 Å². The second-order valence-corrected chi connectivity index (χ2v) is 15.3. The Kier molecular flexibility index (Phi) is 7.11. The zero-order chi connectivity index (χ0) is 37.5. The van der Waals surface area contributed by atoms with Crippen LogP contribution in [0.4, 0.5) is 0 Å². The van der Waals surface area contributed by atoms with Gasteiger partial charge in [-0.05, 0) is 115 Å². The maximum atomic E-state index is 5.34. The molecule has 0 radical (unpaired) electrons. The summed E-state index contributed by atoms with van der Waals surface area (Å²) in [5.41, 5.74) is 21.0. The van der Waals surface area contributed by atoms with Crippen molar-refractivity contribution in [3.8, 4) is 67.2 Å². The van der Waals surface area contributed by atoms with Gasteiger partial charge in [0.25, 0.3) is 0 Å². The molecular weight excluding hydrogens is 679 g/mol. The second-order valence-electron chi connectivity index (χ2n) is 15.3. The summed E-state index contributed by atoms with van der Waals surface area (Å²) in [7, 11) is 0. The molecule has 56 heavy (non-hydrogen) atoms. The molecule has 0 N–H and O–H groups in total. The zero-order valence-electron chi connectivity index (χ0n) is 31.5. The molecule has 11 rings (SSSR count). The van der Waals surface area contributed by atoms with Crippen LogP contribution < -0.4 is 0 Å². The lowest BCUT2D eigenvalue weighted by Gasteiger charge is -2.30. The number of fused-ring (bicyclic) bond motifs is 11. The molecule has 0 fully saturated rings. The smallest absolute Gasteiger partial charge is 0.160 e. The first-order valence-corrected chi connectivity index (χ1v) is 19.4. The molecule has 2 aliphatic carbocycles. The minimum atomic E-state index is -0.497. The molecule has 2 heterocycles. The number of aryl methyl sites for hydroxylation is 3. The van der Waals surface area contributed by atoms with Gasteiger partial charge >= 0.3 is 0 Å². The Balaban J connectivity index is 1.10. The van der Waals surface area contributed by atoms with E-state index in [2.05, 4.69) is 183 Å². The summed E-state index contributed by atoms with van der Waals surface area (Å²) >= 11 is 0. The number of pyridine rings is 1. The molecule has 0 amide bonds. The quantitative estimate of drug-likeness (QED) is 0.182. The van der Waals surface area contributed by atoms with Crippen molar-refractivity contribution in [1.29, 1.82) is 0 Å². The van der Waals surface area contributed by atoms with E-state index in [0.717, 1.165) is 28.3 Å². The maximum absolute atomic E-state index is 5.34. The average molecular weight is 716 g/mol. The molecule has 1 unspecified atom stereocenters. The largest absolute Gasteiger partial charge is 0.264 e. The van der Waals surface area contributed by atoms with Crippen LogP contribution in [0, 0.1) is 20.8 Å². The normalized spacial score (nSPS) is 14.8. The Hall–Kier alpha value is -6.97. The van der Waals surface area contributed by atoms with Crippen LogP contribution >= 0.6 is 0 Å². The molecule has 3 nitrogen and oxygen atoms in total. The van der Waals surface area contributed by atoms with Gasteiger partial charge in [0.1, 0.15) is 0 Å². The molecule has 9 aromatic rings. The summed E-state index contributed by atoms with van der Waals surface area (Å²) in [6, 6.07) is 57.6. The van der Waals surface area contributed by atoms with E-state index in [-0.39, 0.29) is 0 Å². The highest BCUT2D eigenvalue weighted by Crippen LogP contribution is 2.65. The number of nitrogens with zero attached hydrogens (tertiary/aromatic N) is 3. The Morgan fingerprint density at radius 3 is 1.64 bits per heavy atom. The third-order valence-electron chi connectivity index (χ3n) is 12.1. The molecule has 7 aromatic carbocycles. The van der Waals surface area contributed by atoms with Crippen molar-refractivity contribution in [3.05, 3.63) is 209 Å². The van der Waals surface area contributed by atoms with E-state index in [1.54, 1.807) is 0 Å². The van der Waals surface area contributed by atoms with Gasteiger partial charge in [-0.25, -0.2) is 9.97 Å². The fourth-order valence-electron chi connectivity index (χ4n) is 9.89. The standard InChI is InChI=1S/C53H37N3/c1-32-30-54-31-33(2)49(32)42-19-11-23-46-50(42)40-16-6-8-21-44(40)53(46)45-22-9-7-17-41(45)51-43(20-12-24-47(51)53)52-55-34(3)29-48(56-52)37-27-25-36(26-28-37)39-18-10-14-35-13-4-5-15-38(35)39/h4-31H,1-3H3. The fourth-order valence-corrected chi connectivity index (χ4v) is 9.89. The molecule has 0 bridgehead atoms. The first-order chi connectivity index (χ1) is 27.5. The first kappa shape index (κ1) is 32.5. The molecule has 3 heteroatoms. The number of aromatic nitrogens is 3. The van der Waals surface area contributed by atoms with Crippen LogP contribution in [-0.4, -0.2) is 15.0 Å². The highest BCUT2D eigenvalue weighted by atomic mass is 14.9. The van der Waals surface area contributed by atoms with Crippen LogP contribution in [0.1, 0.15) is 39.1 Å². The lowest BCUT2D eigenvalue weighted by Crippen LogP contribution is -2.25. The minimum Gasteiger partial charge on any atom is -0.264 e. The van der Waals surface area contributed by atoms with Gasteiger partial charge in [0.2, 0.25) is 0 Å². The number of hydrogen-bond acceptors (Lipinski definition) is 3. The molecule has 1 spiro atoms. The van der Waals surface area contributed by atoms with E-state index < -0.39 is 5.41 Å². The lowest BCUT2D eigenvalue weighted by molar-refractivity contribution is 0.794. The van der Waals surface area contributed by atoms with Crippen molar-refractivity contribution in [1.82, 2.24) is 15.0 Å². The van der Waals surface area contributed by atoms with E-state index in [4.69, 9.17) is 9.97 Å². The second kappa shape index (κ2) is 12.3. The Labute approximate surface area is 327 Å². The summed E-state index contributed by atoms with van der Waals surface area (Å²) in [6.45, 7) is 6.42. The van der Waals surface area contributed by atoms with Crippen molar-refractivity contribution in [2.75, 3.05) is 0 Å². The van der Waals surface area contributed by atoms with E-state index in [1.165, 1.54) is 88.7 Å². The van der Waals surface area contributed by atoms with Crippen molar-refractivity contribution < 1.29 is 0 Å². The van der Waals surface area contributed by atoms with Crippen LogP contribution in [0.5, 0.6) is 0 Å². The topological polar surface area (TPSA) is 38.7 Å². The Morgan fingerprint density at radius 1 is 0.411 bits per heavy atom. The van der Waals surface area contributed by atoms with Crippen molar-refractivity contribution >= 4 is 10.8 Å². The van der Waals surface area contributed by atoms with Crippen molar-refractivity contribution in [3.63, 3.8) is 0 Å². The van der Waals surface area contributed by atoms with Gasteiger partial charge < -0.3 is 0 Å². The van der Waals surface area contributed by atoms with Gasteiger partial charge in [-0.2, -0.15) is 0 Å². The molecule has 2 aromatic heterocycles. The van der Waals surface area contributed by atoms with E-state index >= 15 is 0 Å². The predicted octanol–water partition coefficient (Wildman–Crippen LogP) is 13.0. The molecule has 1 atom stereocenters. The van der Waals surface area contributed by atoms with Crippen molar-refractivity contribution in [2.45, 2.75) is 26.2 Å². The Morgan fingerprint density at radius 2 is 0.929 bits per heavy atom. The summed E-state index contributed by atoms with van der Waals surface area (Å²) in [6.07, 6.45) is 3.97. The molecule has 2 aliphatic rings. The van der Waals surface area contributed by atoms with Gasteiger partial charge in [0.15, 0.2) is 5.82 Å². The number of hydrogen-bond donors (Lipinski definition) is 0. The monoisotopic (exact) mass is 715 g/mol. The summed E-state index contributed by atoms with van der Waals surface area (Å²) in [5.74, 6) is 0.741. The lowest BCUT2D eigenvalue weighted by atomic mass is 9.70. The fraction of sp³-hybridized carbons (Fsp3) is 0.0755. The van der Waals surface area contributed by atoms with Crippen molar-refractivity contribution in [2.24, 2.45) is 0 Å². The number of rotatable bonds is 4. The van der Waals surface area contributed by atoms with Gasteiger partial charge in [-0.1, -0.05) is 152 Å². The van der Waals surface area contributed by atoms with E-state index in [0.29, 0.717) is 0 Å². The average Bonchev–Trinajstić information content (AvgIpc) is 3.71. The third kappa shape index (κ3) is 4.55. The summed E-state index contributed by atoms with van der Waals surface area (Å²) in [5, 5.41) is 2.50. The molecular formula is C53H37N3. The van der Waals surface area contributed by atoms with Gasteiger partial charge in [0.05, 0.1) is 11.1 Å². The molecule has 264 valence electrons. The molecule has 0 aliphatic heterocycles. The third-order valence-corrected chi connectivity index (χ3v) is 12.1. The Bertz CT molecular complexity index is 3040. The van der Waals surface area contributed by atoms with Crippen LogP contribution in [0.15, 0.2) is 170 Å². The van der Waals surface area contributed by atoms with Crippen LogP contribution in [0.3, 0.4) is 0 Å². The van der Waals surface area contributed by atoms with Gasteiger partial charge in [-0.15, -0.1) is 0 Å². The van der Waals surface area contributed by atoms with Crippen LogP contribution in [0.25, 0.3) is 77.9 Å². The SMILES string of the molecule is Cc1cc(-c2ccc(-c3cccc4ccccc34)cc2)nc(-c2cccc3c2-c2ccccc2C32c3ccccc3-c3c(-c4c(C)cncc4C)cccc32)n1. The van der Waals surface area contributed by atoms with Crippen LogP contribution in [-0.2, 0) is 5.41 Å². The van der Waals surface area contributed by atoms with Gasteiger partial charge in [0, 0.05) is 29.2 Å². The zero-order valence-corrected chi connectivity index (χ0v) is 31.5. The summed E-state index contributed by atoms with van der Waals surface area (Å²) in [4.78, 5) is 15.0. The molecule has 0 saturated carbocycles. The first-order valence-electron chi connectivity index (χ1n) is 19.4. The highest BCUT2D eigenvalue weighted by molar-refractivity contribution is 6.03. The maximum Gasteiger partial charge on any atom is 0.160 e. The highest BCUT2D eigenvalue weighted by Gasteiger charge is 2.52. The minimum absolute atomic E-state index is 0.497. The van der Waals surface area contributed by atoms with Gasteiger partial charge in [-0.3, -0.25) is 4.98 Å². The van der Waals surface area contributed by atoms with Crippen LogP contribution in [0.2, 0.25) is 0 Å².